The van der Waals surface area contributed by atoms with Crippen LogP contribution < -0.4 is 24.7 Å². The molecule has 0 fully saturated rings. The number of halogens is 1. The number of ether oxygens (including phenoxy) is 4. The van der Waals surface area contributed by atoms with E-state index in [2.05, 4.69) is 13.0 Å². The van der Waals surface area contributed by atoms with Gasteiger partial charge in [0, 0.05) is 17.2 Å². The maximum atomic E-state index is 14.1. The Morgan fingerprint density at radius 3 is 2.50 bits per heavy atom. The molecule has 0 radical (unpaired) electrons. The molecule has 1 heterocycles. The van der Waals surface area contributed by atoms with E-state index in [1.807, 2.05) is 30.3 Å². The quantitative estimate of drug-likeness (QED) is 0.181. The molecule has 0 spiro atoms. The van der Waals surface area contributed by atoms with E-state index in [0.717, 1.165) is 12.0 Å². The monoisotopic (exact) mass is 564 g/mol. The van der Waals surface area contributed by atoms with E-state index >= 15 is 0 Å². The van der Waals surface area contributed by atoms with E-state index < -0.39 is 18.0 Å². The lowest BCUT2D eigenvalue weighted by Crippen LogP contribution is -2.28. The van der Waals surface area contributed by atoms with Crippen molar-refractivity contribution in [3.63, 3.8) is 0 Å². The number of allylic oxidation sites excluding steroid dienone is 1. The Morgan fingerprint density at radius 2 is 1.76 bits per heavy atom. The Kier molecular flexibility index (Phi) is 8.39. The van der Waals surface area contributed by atoms with E-state index in [4.69, 9.17) is 24.7 Å². The van der Waals surface area contributed by atoms with Gasteiger partial charge in [0.15, 0.2) is 6.10 Å². The van der Waals surface area contributed by atoms with Crippen LogP contribution in [0.2, 0.25) is 0 Å². The number of nitriles is 1. The number of carbonyl (C=O) groups is 1. The van der Waals surface area contributed by atoms with Gasteiger partial charge < -0.3 is 24.7 Å². The lowest BCUT2D eigenvalue weighted by atomic mass is 9.83. The summed E-state index contributed by atoms with van der Waals surface area (Å²) >= 11 is 0. The van der Waals surface area contributed by atoms with E-state index in [-0.39, 0.29) is 29.6 Å². The smallest absolute Gasteiger partial charge is 0.352 e. The summed E-state index contributed by atoms with van der Waals surface area (Å²) in [6.45, 7) is 3.72. The van der Waals surface area contributed by atoms with Crippen LogP contribution in [-0.4, -0.2) is 12.1 Å². The maximum Gasteiger partial charge on any atom is 0.352 e. The number of nitrogens with zero attached hydrogens (tertiary/aromatic N) is 1. The van der Waals surface area contributed by atoms with Gasteiger partial charge in [0.1, 0.15) is 47.1 Å². The van der Waals surface area contributed by atoms with Crippen molar-refractivity contribution in [2.75, 3.05) is 0 Å². The van der Waals surface area contributed by atoms with Gasteiger partial charge in [-0.05, 0) is 60.9 Å². The van der Waals surface area contributed by atoms with Crippen LogP contribution in [0.1, 0.15) is 42.0 Å². The van der Waals surface area contributed by atoms with Crippen LogP contribution >= 0.6 is 0 Å². The van der Waals surface area contributed by atoms with Crippen molar-refractivity contribution < 1.29 is 28.1 Å². The summed E-state index contributed by atoms with van der Waals surface area (Å²) in [6, 6.07) is 28.2. The fourth-order valence-electron chi connectivity index (χ4n) is 4.66. The SMILES string of the molecule is CCc1ccc(OC(C)C(=O)Oc2ccc3c(c2)OC(N)=C(C#N)C3c2cccc(OCc3ccccc3F)c2)cc1. The number of fused-ring (bicyclic) bond motifs is 1. The number of hydrogen-bond donors (Lipinski definition) is 1. The molecule has 1 aliphatic rings. The number of esters is 1. The second-order valence-electron chi connectivity index (χ2n) is 9.76. The van der Waals surface area contributed by atoms with Gasteiger partial charge in [0.25, 0.3) is 0 Å². The first kappa shape index (κ1) is 28.2. The molecule has 212 valence electrons. The standard InChI is InChI=1S/C34H29FN2O5/c1-3-22-11-13-25(14-12-22)40-21(2)34(38)41-27-15-16-28-31(18-27)42-33(37)29(19-36)32(28)23-8-6-9-26(17-23)39-20-24-7-4-5-10-30(24)35/h4-18,21,32H,3,20,37H2,1-2H3. The van der Waals surface area contributed by atoms with Crippen LogP contribution in [-0.2, 0) is 17.8 Å². The molecule has 0 aliphatic carbocycles. The zero-order valence-electron chi connectivity index (χ0n) is 23.2. The molecule has 7 nitrogen and oxygen atoms in total. The van der Waals surface area contributed by atoms with E-state index in [9.17, 15) is 14.4 Å². The Hall–Kier alpha value is -5.29. The Morgan fingerprint density at radius 1 is 1.00 bits per heavy atom. The summed E-state index contributed by atoms with van der Waals surface area (Å²) in [7, 11) is 0. The van der Waals surface area contributed by atoms with Crippen LogP contribution in [0.25, 0.3) is 0 Å². The van der Waals surface area contributed by atoms with Gasteiger partial charge in [-0.2, -0.15) is 5.26 Å². The number of nitrogens with two attached hydrogens (primary N) is 1. The first-order chi connectivity index (χ1) is 20.4. The molecule has 1 aliphatic heterocycles. The van der Waals surface area contributed by atoms with Crippen LogP contribution in [0.5, 0.6) is 23.0 Å². The van der Waals surface area contributed by atoms with Gasteiger partial charge in [-0.25, -0.2) is 9.18 Å². The summed E-state index contributed by atoms with van der Waals surface area (Å²) < 4.78 is 37.0. The molecule has 0 amide bonds. The second kappa shape index (κ2) is 12.5. The third-order valence-corrected chi connectivity index (χ3v) is 6.93. The molecule has 8 heteroatoms. The minimum atomic E-state index is -0.857. The van der Waals surface area contributed by atoms with Crippen molar-refractivity contribution in [2.24, 2.45) is 5.73 Å². The summed E-state index contributed by atoms with van der Waals surface area (Å²) in [5, 5.41) is 9.93. The van der Waals surface area contributed by atoms with Gasteiger partial charge in [-0.1, -0.05) is 55.5 Å². The number of carbonyl (C=O) groups excluding carboxylic acids is 1. The summed E-state index contributed by atoms with van der Waals surface area (Å²) in [5.74, 6) is 0.115. The second-order valence-corrected chi connectivity index (χ2v) is 9.76. The van der Waals surface area contributed by atoms with E-state index in [1.165, 1.54) is 11.6 Å². The van der Waals surface area contributed by atoms with E-state index in [1.54, 1.807) is 61.5 Å². The average molecular weight is 565 g/mol. The molecule has 4 aromatic rings. The molecule has 5 rings (SSSR count). The van der Waals surface area contributed by atoms with Crippen LogP contribution in [0.4, 0.5) is 4.39 Å². The van der Waals surface area contributed by atoms with Gasteiger partial charge in [0.05, 0.1) is 5.92 Å². The molecule has 0 saturated heterocycles. The first-order valence-electron chi connectivity index (χ1n) is 13.5. The molecule has 42 heavy (non-hydrogen) atoms. The highest BCUT2D eigenvalue weighted by Gasteiger charge is 2.31. The minimum absolute atomic E-state index is 0.0461. The summed E-state index contributed by atoms with van der Waals surface area (Å²) in [5.41, 5.74) is 9.37. The maximum absolute atomic E-state index is 14.1. The molecule has 2 N–H and O–H groups in total. The predicted octanol–water partition coefficient (Wildman–Crippen LogP) is 6.56. The Labute approximate surface area is 243 Å². The fourth-order valence-corrected chi connectivity index (χ4v) is 4.66. The number of rotatable bonds is 9. The van der Waals surface area contributed by atoms with Gasteiger partial charge in [-0.3, -0.25) is 0 Å². The topological polar surface area (TPSA) is 104 Å². The zero-order chi connectivity index (χ0) is 29.6. The zero-order valence-corrected chi connectivity index (χ0v) is 23.2. The predicted molar refractivity (Wildman–Crippen MR) is 154 cm³/mol. The molecule has 4 aromatic carbocycles. The van der Waals surface area contributed by atoms with Crippen molar-refractivity contribution in [3.05, 3.63) is 131 Å². The minimum Gasteiger partial charge on any atom is -0.489 e. The third-order valence-electron chi connectivity index (χ3n) is 6.93. The number of hydrogen-bond acceptors (Lipinski definition) is 7. The fraction of sp³-hybridized carbons (Fsp3) is 0.176. The van der Waals surface area contributed by atoms with E-state index in [0.29, 0.717) is 28.4 Å². The lowest BCUT2D eigenvalue weighted by Gasteiger charge is -2.27. The van der Waals surface area contributed by atoms with Crippen LogP contribution in [0.15, 0.2) is 102 Å². The molecule has 2 atom stereocenters. The molecular formula is C34H29FN2O5. The highest BCUT2D eigenvalue weighted by molar-refractivity contribution is 5.77. The largest absolute Gasteiger partial charge is 0.489 e. The molecule has 0 saturated carbocycles. The van der Waals surface area contributed by atoms with Crippen molar-refractivity contribution in [3.8, 4) is 29.1 Å². The van der Waals surface area contributed by atoms with Crippen molar-refractivity contribution in [1.29, 1.82) is 5.26 Å². The van der Waals surface area contributed by atoms with Crippen LogP contribution in [0, 0.1) is 17.1 Å². The first-order valence-corrected chi connectivity index (χ1v) is 13.5. The van der Waals surface area contributed by atoms with Gasteiger partial charge in [-0.15, -0.1) is 0 Å². The van der Waals surface area contributed by atoms with Crippen molar-refractivity contribution in [1.82, 2.24) is 0 Å². The number of benzene rings is 4. The van der Waals surface area contributed by atoms with Crippen LogP contribution in [0.3, 0.4) is 0 Å². The Balaban J connectivity index is 1.34. The average Bonchev–Trinajstić information content (AvgIpc) is 3.00. The van der Waals surface area contributed by atoms with Crippen molar-refractivity contribution >= 4 is 5.97 Å². The highest BCUT2D eigenvalue weighted by Crippen LogP contribution is 2.44. The highest BCUT2D eigenvalue weighted by atomic mass is 19.1. The van der Waals surface area contributed by atoms with Gasteiger partial charge >= 0.3 is 5.97 Å². The summed E-state index contributed by atoms with van der Waals surface area (Å²) in [4.78, 5) is 12.8. The molecular weight excluding hydrogens is 535 g/mol. The lowest BCUT2D eigenvalue weighted by molar-refractivity contribution is -0.141. The third kappa shape index (κ3) is 6.21. The molecule has 2 unspecified atom stereocenters. The normalized spacial score (nSPS) is 14.7. The summed E-state index contributed by atoms with van der Waals surface area (Å²) in [6.07, 6.45) is 0.0491. The molecule has 0 aromatic heterocycles. The Bertz CT molecular complexity index is 1680. The van der Waals surface area contributed by atoms with Gasteiger partial charge in [0.2, 0.25) is 5.88 Å². The molecule has 0 bridgehead atoms. The number of aryl methyl sites for hydroxylation is 1. The van der Waals surface area contributed by atoms with Crippen molar-refractivity contribution in [2.45, 2.75) is 38.9 Å².